The predicted octanol–water partition coefficient (Wildman–Crippen LogP) is 5.06. The van der Waals surface area contributed by atoms with Gasteiger partial charge in [-0.05, 0) is 37.3 Å². The smallest absolute Gasteiger partial charge is 0.272 e. The van der Waals surface area contributed by atoms with Gasteiger partial charge in [0, 0.05) is 23.5 Å². The molecule has 9 nitrogen and oxygen atoms in total. The van der Waals surface area contributed by atoms with Gasteiger partial charge < -0.3 is 0 Å². The fourth-order valence-electron chi connectivity index (χ4n) is 3.32. The zero-order valence-corrected chi connectivity index (χ0v) is 20.1. The SMILES string of the molecule is Cc1ccc(-c2nnc(SCC(=O)N/N=C\C=C/c3ccccc3[N+](=O)[O-])n2-c2ccccc2)cc1. The van der Waals surface area contributed by atoms with E-state index in [1.807, 2.05) is 66.1 Å². The normalized spacial score (nSPS) is 11.2. The molecule has 4 aromatic rings. The molecular formula is C26H22N6O3S. The Labute approximate surface area is 211 Å². The first-order valence-electron chi connectivity index (χ1n) is 11.0. The monoisotopic (exact) mass is 498 g/mol. The fourth-order valence-corrected chi connectivity index (χ4v) is 4.06. The number of nitro groups is 1. The Hall–Kier alpha value is -4.57. The third-order valence-corrected chi connectivity index (χ3v) is 5.98. The van der Waals surface area contributed by atoms with Crippen LogP contribution in [0.15, 0.2) is 95.2 Å². The first-order chi connectivity index (χ1) is 17.5. The van der Waals surface area contributed by atoms with Gasteiger partial charge in [-0.25, -0.2) is 5.43 Å². The standard InChI is InChI=1S/C26H22N6O3S/c1-19-13-15-21(16-14-19)25-29-30-26(31(25)22-10-3-2-4-11-22)36-18-24(33)28-27-17-7-9-20-8-5-6-12-23(20)32(34)35/h2-17H,18H2,1H3,(H,28,33)/b9-7-,27-17-. The molecule has 3 aromatic carbocycles. The summed E-state index contributed by atoms with van der Waals surface area (Å²) in [6.45, 7) is 2.02. The second-order valence-corrected chi connectivity index (χ2v) is 8.56. The summed E-state index contributed by atoms with van der Waals surface area (Å²) in [6.07, 6.45) is 4.44. The van der Waals surface area contributed by atoms with Crippen molar-refractivity contribution in [2.24, 2.45) is 5.10 Å². The van der Waals surface area contributed by atoms with Crippen molar-refractivity contribution in [3.63, 3.8) is 0 Å². The second-order valence-electron chi connectivity index (χ2n) is 7.62. The first-order valence-corrected chi connectivity index (χ1v) is 11.9. The summed E-state index contributed by atoms with van der Waals surface area (Å²) < 4.78 is 1.92. The maximum absolute atomic E-state index is 12.3. The van der Waals surface area contributed by atoms with Crippen LogP contribution in [-0.2, 0) is 4.79 Å². The van der Waals surface area contributed by atoms with E-state index in [0.29, 0.717) is 16.5 Å². The summed E-state index contributed by atoms with van der Waals surface area (Å²) >= 11 is 1.24. The first kappa shape index (κ1) is 24.6. The number of carbonyl (C=O) groups is 1. The molecule has 0 bridgehead atoms. The predicted molar refractivity (Wildman–Crippen MR) is 141 cm³/mol. The molecule has 0 saturated heterocycles. The van der Waals surface area contributed by atoms with Crippen molar-refractivity contribution >= 4 is 35.6 Å². The molecule has 1 amide bonds. The van der Waals surface area contributed by atoms with E-state index >= 15 is 0 Å². The molecule has 0 saturated carbocycles. The molecule has 36 heavy (non-hydrogen) atoms. The number of aryl methyl sites for hydroxylation is 1. The van der Waals surface area contributed by atoms with Crippen molar-refractivity contribution in [1.82, 2.24) is 20.2 Å². The highest BCUT2D eigenvalue weighted by atomic mass is 32.2. The van der Waals surface area contributed by atoms with E-state index in [1.54, 1.807) is 24.3 Å². The second kappa shape index (κ2) is 11.7. The van der Waals surface area contributed by atoms with E-state index in [4.69, 9.17) is 0 Å². The van der Waals surface area contributed by atoms with Gasteiger partial charge in [-0.2, -0.15) is 5.10 Å². The summed E-state index contributed by atoms with van der Waals surface area (Å²) in [5, 5.41) is 24.2. The van der Waals surface area contributed by atoms with Crippen molar-refractivity contribution in [2.45, 2.75) is 12.1 Å². The van der Waals surface area contributed by atoms with E-state index in [2.05, 4.69) is 20.7 Å². The van der Waals surface area contributed by atoms with Gasteiger partial charge in [-0.15, -0.1) is 10.2 Å². The van der Waals surface area contributed by atoms with Gasteiger partial charge in [0.15, 0.2) is 11.0 Å². The molecule has 1 heterocycles. The molecular weight excluding hydrogens is 476 g/mol. The number of nitro benzene ring substituents is 1. The highest BCUT2D eigenvalue weighted by Gasteiger charge is 2.17. The van der Waals surface area contributed by atoms with E-state index in [1.165, 1.54) is 30.1 Å². The summed E-state index contributed by atoms with van der Waals surface area (Å²) in [5.74, 6) is 0.432. The Balaban J connectivity index is 1.42. The van der Waals surface area contributed by atoms with Crippen LogP contribution >= 0.6 is 11.8 Å². The highest BCUT2D eigenvalue weighted by molar-refractivity contribution is 7.99. The summed E-state index contributed by atoms with van der Waals surface area (Å²) in [7, 11) is 0. The average molecular weight is 499 g/mol. The molecule has 0 aliphatic carbocycles. The molecule has 10 heteroatoms. The van der Waals surface area contributed by atoms with Crippen LogP contribution in [0, 0.1) is 17.0 Å². The molecule has 0 unspecified atom stereocenters. The number of nitrogens with one attached hydrogen (secondary N) is 1. The van der Waals surface area contributed by atoms with Crippen LogP contribution in [0.25, 0.3) is 23.2 Å². The zero-order valence-electron chi connectivity index (χ0n) is 19.3. The lowest BCUT2D eigenvalue weighted by molar-refractivity contribution is -0.385. The van der Waals surface area contributed by atoms with Gasteiger partial charge in [0.1, 0.15) is 0 Å². The number of nitrogens with zero attached hydrogens (tertiary/aromatic N) is 5. The highest BCUT2D eigenvalue weighted by Crippen LogP contribution is 2.28. The van der Waals surface area contributed by atoms with Gasteiger partial charge >= 0.3 is 0 Å². The fraction of sp³-hybridized carbons (Fsp3) is 0.0769. The Kier molecular flexibility index (Phi) is 7.99. The quantitative estimate of drug-likeness (QED) is 0.149. The number of allylic oxidation sites excluding steroid dienone is 1. The third kappa shape index (κ3) is 6.10. The lowest BCUT2D eigenvalue weighted by atomic mass is 10.1. The molecule has 1 N–H and O–H groups in total. The van der Waals surface area contributed by atoms with E-state index < -0.39 is 4.92 Å². The molecule has 4 rings (SSSR count). The van der Waals surface area contributed by atoms with E-state index in [9.17, 15) is 14.9 Å². The van der Waals surface area contributed by atoms with Crippen molar-refractivity contribution in [2.75, 3.05) is 5.75 Å². The van der Waals surface area contributed by atoms with Gasteiger partial charge in [-0.3, -0.25) is 19.5 Å². The zero-order chi connectivity index (χ0) is 25.3. The maximum atomic E-state index is 12.3. The Morgan fingerprint density at radius 3 is 2.53 bits per heavy atom. The van der Waals surface area contributed by atoms with Crippen LogP contribution in [0.1, 0.15) is 11.1 Å². The number of hydrogen-bond acceptors (Lipinski definition) is 7. The van der Waals surface area contributed by atoms with Gasteiger partial charge in [0.2, 0.25) is 0 Å². The topological polar surface area (TPSA) is 115 Å². The Morgan fingerprint density at radius 2 is 1.78 bits per heavy atom. The van der Waals surface area contributed by atoms with Gasteiger partial charge in [-0.1, -0.05) is 71.9 Å². The lowest BCUT2D eigenvalue weighted by Crippen LogP contribution is -2.19. The van der Waals surface area contributed by atoms with Gasteiger partial charge in [0.25, 0.3) is 11.6 Å². The minimum absolute atomic E-state index is 0.00452. The molecule has 0 fully saturated rings. The summed E-state index contributed by atoms with van der Waals surface area (Å²) in [4.78, 5) is 23.0. The van der Waals surface area contributed by atoms with E-state index in [0.717, 1.165) is 16.8 Å². The molecule has 0 aliphatic heterocycles. The lowest BCUT2D eigenvalue weighted by Gasteiger charge is -2.10. The molecule has 0 spiro atoms. The number of thioether (sulfide) groups is 1. The summed E-state index contributed by atoms with van der Waals surface area (Å²) in [5.41, 5.74) is 5.84. The van der Waals surface area contributed by atoms with E-state index in [-0.39, 0.29) is 17.3 Å². The largest absolute Gasteiger partial charge is 0.276 e. The number of carbonyl (C=O) groups excluding carboxylic acids is 1. The number of rotatable bonds is 9. The number of hydrogen-bond donors (Lipinski definition) is 1. The average Bonchev–Trinajstić information content (AvgIpc) is 3.32. The third-order valence-electron chi connectivity index (χ3n) is 5.05. The Morgan fingerprint density at radius 1 is 1.06 bits per heavy atom. The number of para-hydroxylation sites is 2. The Bertz CT molecular complexity index is 1420. The van der Waals surface area contributed by atoms with Gasteiger partial charge in [0.05, 0.1) is 16.2 Å². The van der Waals surface area contributed by atoms with Crippen LogP contribution in [0.4, 0.5) is 5.69 Å². The van der Waals surface area contributed by atoms with Crippen molar-refractivity contribution in [1.29, 1.82) is 0 Å². The molecule has 0 radical (unpaired) electrons. The van der Waals surface area contributed by atoms with Crippen LogP contribution in [0.3, 0.4) is 0 Å². The van der Waals surface area contributed by atoms with Crippen molar-refractivity contribution in [3.05, 3.63) is 106 Å². The maximum Gasteiger partial charge on any atom is 0.276 e. The van der Waals surface area contributed by atoms with Crippen LogP contribution < -0.4 is 5.43 Å². The minimum atomic E-state index is -0.450. The molecule has 0 aliphatic rings. The number of benzene rings is 3. The van der Waals surface area contributed by atoms with Crippen LogP contribution in [-0.4, -0.2) is 37.6 Å². The number of aromatic nitrogens is 3. The summed E-state index contributed by atoms with van der Waals surface area (Å²) in [6, 6.07) is 24.1. The van der Waals surface area contributed by atoms with Crippen LogP contribution in [0.2, 0.25) is 0 Å². The molecule has 1 aromatic heterocycles. The van der Waals surface area contributed by atoms with Crippen molar-refractivity contribution in [3.8, 4) is 17.1 Å². The number of hydrazone groups is 1. The van der Waals surface area contributed by atoms with Crippen molar-refractivity contribution < 1.29 is 9.72 Å². The molecule has 180 valence electrons. The van der Waals surface area contributed by atoms with Crippen LogP contribution in [0.5, 0.6) is 0 Å². The minimum Gasteiger partial charge on any atom is -0.272 e. The molecule has 0 atom stereocenters. The number of amides is 1.